The van der Waals surface area contributed by atoms with Gasteiger partial charge >= 0.3 is 12.2 Å². The van der Waals surface area contributed by atoms with Gasteiger partial charge in [-0.2, -0.15) is 13.2 Å². The van der Waals surface area contributed by atoms with Gasteiger partial charge < -0.3 is 25.6 Å². The van der Waals surface area contributed by atoms with Crippen LogP contribution in [0.3, 0.4) is 0 Å². The highest BCUT2D eigenvalue weighted by Gasteiger charge is 2.56. The van der Waals surface area contributed by atoms with E-state index in [1.165, 1.54) is 17.1 Å². The Kier molecular flexibility index (Phi) is 10.1. The summed E-state index contributed by atoms with van der Waals surface area (Å²) in [4.78, 5) is 40.7. The lowest BCUT2D eigenvalue weighted by Gasteiger charge is -2.32. The predicted octanol–water partition coefficient (Wildman–Crippen LogP) is 4.62. The van der Waals surface area contributed by atoms with Gasteiger partial charge in [-0.1, -0.05) is 61.2 Å². The zero-order valence-corrected chi connectivity index (χ0v) is 22.9. The second-order valence-electron chi connectivity index (χ2n) is 10.1. The Labute approximate surface area is 242 Å². The number of benzene rings is 2. The smallest absolute Gasteiger partial charge is 0.393 e. The third-order valence-corrected chi connectivity index (χ3v) is 6.94. The summed E-state index contributed by atoms with van der Waals surface area (Å²) in [6, 6.07) is 16.7. The van der Waals surface area contributed by atoms with Crippen LogP contribution in [-0.2, 0) is 16.1 Å². The maximum Gasteiger partial charge on any atom is 0.393 e. The highest BCUT2D eigenvalue weighted by atomic mass is 19.4. The summed E-state index contributed by atoms with van der Waals surface area (Å²) in [5.74, 6) is -2.41. The zero-order valence-electron chi connectivity index (χ0n) is 22.9. The lowest BCUT2D eigenvalue weighted by Crippen LogP contribution is -2.48. The number of allylic oxidation sites excluding steroid dienone is 2. The molecule has 222 valence electrons. The molecule has 4 amide bonds. The number of ether oxygens (including phenoxy) is 1. The van der Waals surface area contributed by atoms with E-state index in [1.807, 2.05) is 60.7 Å². The topological polar surface area (TPSA) is 99.8 Å². The van der Waals surface area contributed by atoms with Gasteiger partial charge in [-0.3, -0.25) is 9.59 Å². The van der Waals surface area contributed by atoms with Crippen LogP contribution in [-0.4, -0.2) is 54.2 Å². The van der Waals surface area contributed by atoms with Crippen molar-refractivity contribution in [2.75, 3.05) is 13.1 Å². The number of likely N-dealkylation sites (tertiary alicyclic amines) is 1. The summed E-state index contributed by atoms with van der Waals surface area (Å²) in [6.45, 7) is 4.48. The van der Waals surface area contributed by atoms with E-state index < -0.39 is 36.0 Å². The molecular weight excluding hydrogens is 549 g/mol. The average Bonchev–Trinajstić information content (AvgIpc) is 3.76. The van der Waals surface area contributed by atoms with Crippen molar-refractivity contribution < 1.29 is 32.3 Å². The molecule has 2 fully saturated rings. The minimum atomic E-state index is -4.44. The minimum Gasteiger partial charge on any atom is -0.490 e. The van der Waals surface area contributed by atoms with E-state index in [2.05, 4.69) is 22.5 Å². The number of carbonyl (C=O) groups is 3. The second kappa shape index (κ2) is 13.9. The van der Waals surface area contributed by atoms with Crippen LogP contribution in [0, 0.1) is 5.92 Å². The molecule has 2 atom stereocenters. The maximum atomic E-state index is 13.2. The van der Waals surface area contributed by atoms with E-state index in [4.69, 9.17) is 4.74 Å². The Morgan fingerprint density at radius 2 is 1.62 bits per heavy atom. The van der Waals surface area contributed by atoms with Gasteiger partial charge in [-0.15, -0.1) is 0 Å². The van der Waals surface area contributed by atoms with Crippen LogP contribution in [0.5, 0.6) is 5.75 Å². The van der Waals surface area contributed by atoms with Gasteiger partial charge in [0, 0.05) is 44.1 Å². The number of para-hydroxylation sites is 1. The number of nitrogens with one attached hydrogen (secondary N) is 3. The molecule has 42 heavy (non-hydrogen) atoms. The molecule has 11 heteroatoms. The van der Waals surface area contributed by atoms with Gasteiger partial charge in [0.2, 0.25) is 0 Å². The number of rotatable bonds is 10. The van der Waals surface area contributed by atoms with Crippen LogP contribution >= 0.6 is 0 Å². The van der Waals surface area contributed by atoms with Crippen LogP contribution in [0.1, 0.15) is 24.8 Å². The molecule has 1 saturated carbocycles. The van der Waals surface area contributed by atoms with Crippen LogP contribution < -0.4 is 20.7 Å². The fourth-order valence-corrected chi connectivity index (χ4v) is 4.54. The standard InChI is InChI=1S/C31H33F3N4O4/c1-2-9-22(28(39)35-20-21-10-5-3-6-11-21)18-27(29(40)36-26-19-25(26)31(32,33)34)37-30(41)38-16-14-24(15-17-38)42-23-12-7-4-8-13-23/h2-13,18,24-26H,1,14-17,19-20H2,(H,35,39)(H,36,40)(H,37,41)/b22-9+,27-18+. The van der Waals surface area contributed by atoms with Gasteiger partial charge in [0.15, 0.2) is 0 Å². The first-order chi connectivity index (χ1) is 20.1. The van der Waals surface area contributed by atoms with Crippen LogP contribution in [0.15, 0.2) is 96.7 Å². The third kappa shape index (κ3) is 8.73. The lowest BCUT2D eigenvalue weighted by atomic mass is 10.1. The van der Waals surface area contributed by atoms with Crippen molar-refractivity contribution >= 4 is 17.8 Å². The largest absolute Gasteiger partial charge is 0.490 e. The number of piperidine rings is 1. The van der Waals surface area contributed by atoms with Gasteiger partial charge in [0.05, 0.1) is 5.92 Å². The maximum absolute atomic E-state index is 13.2. The number of hydrogen-bond donors (Lipinski definition) is 3. The van der Waals surface area contributed by atoms with Gasteiger partial charge in [0.25, 0.3) is 11.8 Å². The normalized spacial score (nSPS) is 19.5. The van der Waals surface area contributed by atoms with E-state index in [1.54, 1.807) is 0 Å². The highest BCUT2D eigenvalue weighted by Crippen LogP contribution is 2.44. The van der Waals surface area contributed by atoms with Crippen molar-refractivity contribution in [2.45, 2.75) is 44.1 Å². The van der Waals surface area contributed by atoms with E-state index >= 15 is 0 Å². The fourth-order valence-electron chi connectivity index (χ4n) is 4.54. The van der Waals surface area contributed by atoms with Crippen LogP contribution in [0.2, 0.25) is 0 Å². The van der Waals surface area contributed by atoms with Crippen molar-refractivity contribution in [1.29, 1.82) is 0 Å². The molecule has 2 unspecified atom stereocenters. The lowest BCUT2D eigenvalue weighted by molar-refractivity contribution is -0.149. The molecule has 0 radical (unpaired) electrons. The summed E-state index contributed by atoms with van der Waals surface area (Å²) < 4.78 is 45.2. The number of urea groups is 1. The van der Waals surface area contributed by atoms with Gasteiger partial charge in [-0.25, -0.2) is 4.79 Å². The first-order valence-electron chi connectivity index (χ1n) is 13.7. The SMILES string of the molecule is C=C/C=C(\C=C(\NC(=O)N1CCC(Oc2ccccc2)CC1)C(=O)NC1CC1C(F)(F)F)C(=O)NCc1ccccc1. The Hall–Kier alpha value is -4.54. The van der Waals surface area contributed by atoms with Crippen molar-refractivity contribution in [3.05, 3.63) is 102 Å². The Morgan fingerprint density at radius 3 is 2.21 bits per heavy atom. The number of amides is 4. The molecule has 1 aliphatic carbocycles. The van der Waals surface area contributed by atoms with Crippen LogP contribution in [0.25, 0.3) is 0 Å². The monoisotopic (exact) mass is 582 g/mol. The first kappa shape index (κ1) is 30.4. The fraction of sp³-hybridized carbons (Fsp3) is 0.323. The molecule has 1 saturated heterocycles. The molecule has 0 bridgehead atoms. The molecule has 8 nitrogen and oxygen atoms in total. The number of carbonyl (C=O) groups excluding carboxylic acids is 3. The third-order valence-electron chi connectivity index (χ3n) is 6.94. The summed E-state index contributed by atoms with van der Waals surface area (Å²) in [6.07, 6.45) is 0.135. The number of hydrogen-bond acceptors (Lipinski definition) is 4. The van der Waals surface area contributed by atoms with E-state index in [9.17, 15) is 27.6 Å². The van der Waals surface area contributed by atoms with Crippen molar-refractivity contribution in [3.63, 3.8) is 0 Å². The number of nitrogens with zero attached hydrogens (tertiary/aromatic N) is 1. The molecule has 4 rings (SSSR count). The van der Waals surface area contributed by atoms with Gasteiger partial charge in [0.1, 0.15) is 17.6 Å². The minimum absolute atomic E-state index is 0.00970. The van der Waals surface area contributed by atoms with E-state index in [0.29, 0.717) is 25.9 Å². The molecule has 2 aromatic carbocycles. The van der Waals surface area contributed by atoms with Crippen molar-refractivity contribution in [1.82, 2.24) is 20.9 Å². The van der Waals surface area contributed by atoms with Crippen molar-refractivity contribution in [2.24, 2.45) is 5.92 Å². The quantitative estimate of drug-likeness (QED) is 0.281. The van der Waals surface area contributed by atoms with Crippen molar-refractivity contribution in [3.8, 4) is 5.75 Å². The average molecular weight is 583 g/mol. The summed E-state index contributed by atoms with van der Waals surface area (Å²) in [5.41, 5.74) is 0.480. The summed E-state index contributed by atoms with van der Waals surface area (Å²) in [5, 5.41) is 7.58. The molecule has 2 aromatic rings. The molecule has 1 heterocycles. The van der Waals surface area contributed by atoms with E-state index in [0.717, 1.165) is 17.4 Å². The summed E-state index contributed by atoms with van der Waals surface area (Å²) in [7, 11) is 0. The molecular formula is C31H33F3N4O4. The first-order valence-corrected chi connectivity index (χ1v) is 13.7. The molecule has 2 aliphatic rings. The number of alkyl halides is 3. The molecule has 0 aromatic heterocycles. The Bertz CT molecular complexity index is 1320. The Morgan fingerprint density at radius 1 is 0.976 bits per heavy atom. The summed E-state index contributed by atoms with van der Waals surface area (Å²) >= 11 is 0. The number of halogens is 3. The predicted molar refractivity (Wildman–Crippen MR) is 151 cm³/mol. The van der Waals surface area contributed by atoms with Crippen LogP contribution in [0.4, 0.5) is 18.0 Å². The zero-order chi connectivity index (χ0) is 30.1. The van der Waals surface area contributed by atoms with Gasteiger partial charge in [-0.05, 0) is 36.3 Å². The Balaban J connectivity index is 1.44. The molecule has 0 spiro atoms. The highest BCUT2D eigenvalue weighted by molar-refractivity contribution is 6.02. The second-order valence-corrected chi connectivity index (χ2v) is 10.1. The van der Waals surface area contributed by atoms with E-state index in [-0.39, 0.29) is 30.3 Å². The molecule has 3 N–H and O–H groups in total. The molecule has 1 aliphatic heterocycles.